The Hall–Kier alpha value is -1.60. The minimum Gasteiger partial charge on any atom is -0.408 e. The summed E-state index contributed by atoms with van der Waals surface area (Å²) in [5, 5.41) is 3.19. The van der Waals surface area contributed by atoms with Gasteiger partial charge in [0.05, 0.1) is 17.0 Å². The van der Waals surface area contributed by atoms with Gasteiger partial charge in [-0.15, -0.1) is 0 Å². The lowest BCUT2D eigenvalue weighted by atomic mass is 10.2. The Balaban J connectivity index is 1.66. The molecule has 1 unspecified atom stereocenters. The van der Waals surface area contributed by atoms with Crippen molar-refractivity contribution >= 4 is 20.9 Å². The highest BCUT2D eigenvalue weighted by atomic mass is 32.2. The molecule has 1 aliphatic heterocycles. The van der Waals surface area contributed by atoms with E-state index < -0.39 is 9.84 Å². The predicted octanol–water partition coefficient (Wildman–Crippen LogP) is 0.371. The second-order valence-corrected chi connectivity index (χ2v) is 7.27. The first kappa shape index (κ1) is 13.4. The molecule has 3 rings (SSSR count). The van der Waals surface area contributed by atoms with E-state index in [2.05, 4.69) is 5.32 Å². The average molecular weight is 296 g/mol. The zero-order valence-corrected chi connectivity index (χ0v) is 11.7. The molecule has 1 aliphatic rings. The summed E-state index contributed by atoms with van der Waals surface area (Å²) in [6, 6.07) is 7.25. The number of hydrogen-bond acceptors (Lipinski definition) is 5. The highest BCUT2D eigenvalue weighted by molar-refractivity contribution is 7.91. The van der Waals surface area contributed by atoms with Crippen LogP contribution in [0.2, 0.25) is 0 Å². The molecule has 7 heteroatoms. The third-order valence-electron chi connectivity index (χ3n) is 3.57. The summed E-state index contributed by atoms with van der Waals surface area (Å²) in [4.78, 5) is 11.7. The second kappa shape index (κ2) is 5.06. The van der Waals surface area contributed by atoms with Gasteiger partial charge in [0.1, 0.15) is 0 Å². The van der Waals surface area contributed by atoms with Gasteiger partial charge in [-0.05, 0) is 18.6 Å². The molecule has 0 aliphatic carbocycles. The summed E-state index contributed by atoms with van der Waals surface area (Å²) in [5.74, 6) is 0.0554. The minimum atomic E-state index is -2.87. The lowest BCUT2D eigenvalue weighted by Gasteiger charge is -2.10. The van der Waals surface area contributed by atoms with Crippen LogP contribution in [0.15, 0.2) is 33.5 Å². The van der Waals surface area contributed by atoms with E-state index in [-0.39, 0.29) is 23.3 Å². The Bertz CT molecular complexity index is 775. The average Bonchev–Trinajstić information content (AvgIpc) is 2.90. The molecular formula is C13H16N2O4S. The van der Waals surface area contributed by atoms with E-state index in [1.54, 1.807) is 10.6 Å². The first-order valence-corrected chi connectivity index (χ1v) is 8.39. The molecule has 0 bridgehead atoms. The number of sulfone groups is 1. The molecule has 1 saturated heterocycles. The maximum Gasteiger partial charge on any atom is 0.419 e. The van der Waals surface area contributed by atoms with Crippen LogP contribution < -0.4 is 11.1 Å². The van der Waals surface area contributed by atoms with Crippen LogP contribution in [0.25, 0.3) is 11.1 Å². The van der Waals surface area contributed by atoms with E-state index >= 15 is 0 Å². The molecule has 0 saturated carbocycles. The number of oxazole rings is 1. The maximum absolute atomic E-state index is 11.7. The van der Waals surface area contributed by atoms with Crippen molar-refractivity contribution in [3.8, 4) is 0 Å². The van der Waals surface area contributed by atoms with Gasteiger partial charge >= 0.3 is 5.76 Å². The summed E-state index contributed by atoms with van der Waals surface area (Å²) >= 11 is 0. The van der Waals surface area contributed by atoms with Crippen LogP contribution in [-0.4, -0.2) is 37.1 Å². The maximum atomic E-state index is 11.7. The quantitative estimate of drug-likeness (QED) is 0.881. The highest BCUT2D eigenvalue weighted by Gasteiger charge is 2.27. The highest BCUT2D eigenvalue weighted by Crippen LogP contribution is 2.12. The number of para-hydroxylation sites is 2. The molecular weight excluding hydrogens is 280 g/mol. The molecule has 108 valence electrons. The second-order valence-electron chi connectivity index (χ2n) is 5.04. The van der Waals surface area contributed by atoms with Crippen molar-refractivity contribution in [2.24, 2.45) is 0 Å². The van der Waals surface area contributed by atoms with E-state index in [1.807, 2.05) is 18.2 Å². The van der Waals surface area contributed by atoms with E-state index in [4.69, 9.17) is 4.42 Å². The minimum absolute atomic E-state index is 0.00568. The fraction of sp³-hybridized carbons (Fsp3) is 0.462. The van der Waals surface area contributed by atoms with E-state index in [0.717, 1.165) is 5.52 Å². The van der Waals surface area contributed by atoms with Gasteiger partial charge < -0.3 is 9.73 Å². The van der Waals surface area contributed by atoms with Crippen LogP contribution in [0.1, 0.15) is 6.42 Å². The molecule has 1 N–H and O–H groups in total. The fourth-order valence-electron chi connectivity index (χ4n) is 2.56. The van der Waals surface area contributed by atoms with Crippen molar-refractivity contribution in [2.45, 2.75) is 19.0 Å². The van der Waals surface area contributed by atoms with Crippen LogP contribution in [0.5, 0.6) is 0 Å². The van der Waals surface area contributed by atoms with Gasteiger partial charge in [-0.3, -0.25) is 4.57 Å². The van der Waals surface area contributed by atoms with Crippen LogP contribution in [-0.2, 0) is 16.4 Å². The van der Waals surface area contributed by atoms with Crippen molar-refractivity contribution in [1.29, 1.82) is 0 Å². The van der Waals surface area contributed by atoms with Gasteiger partial charge in [-0.2, -0.15) is 0 Å². The third-order valence-corrected chi connectivity index (χ3v) is 5.34. The van der Waals surface area contributed by atoms with Gasteiger partial charge in [0.25, 0.3) is 0 Å². The third kappa shape index (κ3) is 2.64. The SMILES string of the molecule is O=c1oc2ccccc2n1CCNC1CCS(=O)(=O)C1. The Kier molecular flexibility index (Phi) is 3.39. The number of nitrogens with zero attached hydrogens (tertiary/aromatic N) is 1. The smallest absolute Gasteiger partial charge is 0.408 e. The normalized spacial score (nSPS) is 21.5. The molecule has 1 atom stereocenters. The van der Waals surface area contributed by atoms with E-state index in [1.165, 1.54) is 0 Å². The number of nitrogens with one attached hydrogen (secondary N) is 1. The molecule has 1 aromatic heterocycles. The number of hydrogen-bond donors (Lipinski definition) is 1. The fourth-order valence-corrected chi connectivity index (χ4v) is 4.27. The summed E-state index contributed by atoms with van der Waals surface area (Å²) in [7, 11) is -2.87. The van der Waals surface area contributed by atoms with Crippen LogP contribution in [0.4, 0.5) is 0 Å². The summed E-state index contributed by atoms with van der Waals surface area (Å²) in [6.45, 7) is 1.01. The molecule has 0 amide bonds. The van der Waals surface area contributed by atoms with E-state index in [9.17, 15) is 13.2 Å². The standard InChI is InChI=1S/C13H16N2O4S/c16-13-15(11-3-1-2-4-12(11)19-13)7-6-14-10-5-8-20(17,18)9-10/h1-4,10,14H,5-9H2. The van der Waals surface area contributed by atoms with Crippen molar-refractivity contribution in [1.82, 2.24) is 9.88 Å². The summed E-state index contributed by atoms with van der Waals surface area (Å²) in [5.41, 5.74) is 1.33. The first-order valence-electron chi connectivity index (χ1n) is 6.57. The molecule has 6 nitrogen and oxygen atoms in total. The molecule has 1 aromatic carbocycles. The van der Waals surface area contributed by atoms with Gasteiger partial charge in [-0.1, -0.05) is 12.1 Å². The lowest BCUT2D eigenvalue weighted by molar-refractivity contribution is 0.475. The monoisotopic (exact) mass is 296 g/mol. The van der Waals surface area contributed by atoms with Crippen LogP contribution in [0, 0.1) is 0 Å². The molecule has 1 fully saturated rings. The Labute approximate surface area is 116 Å². The Morgan fingerprint density at radius 1 is 1.35 bits per heavy atom. The van der Waals surface area contributed by atoms with Gasteiger partial charge in [0.2, 0.25) is 0 Å². The molecule has 0 radical (unpaired) electrons. The van der Waals surface area contributed by atoms with Crippen molar-refractivity contribution in [3.63, 3.8) is 0 Å². The zero-order valence-electron chi connectivity index (χ0n) is 10.9. The topological polar surface area (TPSA) is 81.3 Å². The summed E-state index contributed by atoms with van der Waals surface area (Å²) in [6.07, 6.45) is 0.642. The molecule has 2 aromatic rings. The first-order chi connectivity index (χ1) is 9.55. The Morgan fingerprint density at radius 3 is 2.90 bits per heavy atom. The predicted molar refractivity (Wildman–Crippen MR) is 75.5 cm³/mol. The number of aromatic nitrogens is 1. The number of rotatable bonds is 4. The van der Waals surface area contributed by atoms with Crippen LogP contribution >= 0.6 is 0 Å². The number of benzene rings is 1. The summed E-state index contributed by atoms with van der Waals surface area (Å²) < 4.78 is 29.4. The van der Waals surface area contributed by atoms with Gasteiger partial charge in [-0.25, -0.2) is 13.2 Å². The largest absolute Gasteiger partial charge is 0.419 e. The van der Waals surface area contributed by atoms with Crippen molar-refractivity contribution in [2.75, 3.05) is 18.1 Å². The molecule has 0 spiro atoms. The Morgan fingerprint density at radius 2 is 2.15 bits per heavy atom. The van der Waals surface area contributed by atoms with Crippen molar-refractivity contribution < 1.29 is 12.8 Å². The van der Waals surface area contributed by atoms with Gasteiger partial charge in [0, 0.05) is 19.1 Å². The molecule has 20 heavy (non-hydrogen) atoms. The van der Waals surface area contributed by atoms with Gasteiger partial charge in [0.15, 0.2) is 15.4 Å². The van der Waals surface area contributed by atoms with Crippen molar-refractivity contribution in [3.05, 3.63) is 34.8 Å². The number of fused-ring (bicyclic) bond motifs is 1. The zero-order chi connectivity index (χ0) is 14.2. The van der Waals surface area contributed by atoms with E-state index in [0.29, 0.717) is 25.1 Å². The van der Waals surface area contributed by atoms with Crippen LogP contribution in [0.3, 0.4) is 0 Å². The molecule has 2 heterocycles. The lowest BCUT2D eigenvalue weighted by Crippen LogP contribution is -2.34.